The van der Waals surface area contributed by atoms with Crippen molar-refractivity contribution in [3.8, 4) is 5.75 Å². The number of carboxylic acids is 2. The molecule has 0 aromatic heterocycles. The van der Waals surface area contributed by atoms with E-state index in [2.05, 4.69) is 85.1 Å². The lowest BCUT2D eigenvalue weighted by Crippen LogP contribution is -2.51. The fraction of sp³-hybridized carbons (Fsp3) is 0.764. The van der Waals surface area contributed by atoms with Gasteiger partial charge < -0.3 is 60.9 Å². The molecule has 0 spiro atoms. The van der Waals surface area contributed by atoms with Crippen molar-refractivity contribution in [2.75, 3.05) is 59.3 Å². The van der Waals surface area contributed by atoms with E-state index in [0.717, 1.165) is 37.7 Å². The van der Waals surface area contributed by atoms with Crippen LogP contribution in [0.25, 0.3) is 10.4 Å². The number of carbonyl (C=O) groups excluding carboxylic acids is 5. The molecule has 0 aliphatic carbocycles. The van der Waals surface area contributed by atoms with Gasteiger partial charge in [0.1, 0.15) is 23.6 Å². The van der Waals surface area contributed by atoms with Gasteiger partial charge in [0.05, 0.1) is 39.6 Å². The first-order valence-electron chi connectivity index (χ1n) is 27.1. The number of ketones is 1. The van der Waals surface area contributed by atoms with Gasteiger partial charge in [-0.15, -0.1) is 0 Å². The van der Waals surface area contributed by atoms with Gasteiger partial charge in [-0.2, -0.15) is 0 Å². The number of carboxylic acid groups (broad SMARTS) is 2. The quantitative estimate of drug-likeness (QED) is 0.0132. The van der Waals surface area contributed by atoms with Crippen molar-refractivity contribution in [1.82, 2.24) is 26.6 Å². The summed E-state index contributed by atoms with van der Waals surface area (Å²) in [6.45, 7) is 21.8. The highest BCUT2D eigenvalue weighted by Crippen LogP contribution is 2.38. The Hall–Kier alpha value is -5.50. The van der Waals surface area contributed by atoms with Crippen LogP contribution in [0.3, 0.4) is 0 Å². The number of Topliss-reactive ketones (excluding diaryl/α,β-unsaturated/α-hetero) is 1. The predicted molar refractivity (Wildman–Crippen MR) is 290 cm³/mol. The molecule has 0 heterocycles. The molecule has 432 valence electrons. The molecule has 1 rings (SSSR count). The molecule has 1 aromatic carbocycles. The number of nitrogens with zero attached hydrogens (tertiary/aromatic N) is 3. The number of hydrogen-bond acceptors (Lipinski definition) is 12. The van der Waals surface area contributed by atoms with E-state index in [4.69, 9.17) is 19.7 Å². The zero-order valence-electron chi connectivity index (χ0n) is 47.1. The van der Waals surface area contributed by atoms with E-state index in [1.54, 1.807) is 24.3 Å². The molecule has 3 unspecified atom stereocenters. The van der Waals surface area contributed by atoms with Gasteiger partial charge in [-0.25, -0.2) is 14.4 Å². The molecule has 76 heavy (non-hydrogen) atoms. The maximum Gasteiger partial charge on any atom is 0.326 e. The van der Waals surface area contributed by atoms with E-state index in [0.29, 0.717) is 104 Å². The second-order valence-electron chi connectivity index (χ2n) is 22.7. The highest BCUT2D eigenvalue weighted by Gasteiger charge is 2.32. The van der Waals surface area contributed by atoms with Gasteiger partial charge in [0.2, 0.25) is 17.7 Å². The molecule has 0 aliphatic heterocycles. The van der Waals surface area contributed by atoms with Gasteiger partial charge in [-0.1, -0.05) is 85.5 Å². The summed E-state index contributed by atoms with van der Waals surface area (Å²) in [5, 5.41) is 46.0. The summed E-state index contributed by atoms with van der Waals surface area (Å²) in [5.41, 5.74) is 8.65. The smallest absolute Gasteiger partial charge is 0.326 e. The first-order valence-corrected chi connectivity index (χ1v) is 27.1. The van der Waals surface area contributed by atoms with Crippen LogP contribution in [-0.4, -0.2) is 128 Å². The highest BCUT2D eigenvalue weighted by atomic mass is 16.5. The maximum atomic E-state index is 14.0. The number of hydrogen-bond donors (Lipinski definition) is 8. The summed E-state index contributed by atoms with van der Waals surface area (Å²) >= 11 is 0. The number of rotatable bonds is 43. The molecule has 21 nitrogen and oxygen atoms in total. The molecule has 5 atom stereocenters. The third-order valence-corrected chi connectivity index (χ3v) is 13.2. The van der Waals surface area contributed by atoms with Gasteiger partial charge in [-0.3, -0.25) is 14.4 Å². The first-order chi connectivity index (χ1) is 35.8. The molecule has 1 aromatic rings. The van der Waals surface area contributed by atoms with Crippen LogP contribution in [0.4, 0.5) is 4.79 Å². The lowest BCUT2D eigenvalue weighted by Gasteiger charge is -2.32. The molecule has 0 fully saturated rings. The fourth-order valence-electron chi connectivity index (χ4n) is 9.09. The Kier molecular flexibility index (Phi) is 33.6. The molecular weight excluding hydrogens is 981 g/mol. The molecule has 0 bridgehead atoms. The van der Waals surface area contributed by atoms with Crippen molar-refractivity contribution in [2.45, 2.75) is 177 Å². The van der Waals surface area contributed by atoms with Gasteiger partial charge in [0, 0.05) is 55.3 Å². The minimum absolute atomic E-state index is 0.00168. The summed E-state index contributed by atoms with van der Waals surface area (Å²) in [6.07, 6.45) is 7.77. The van der Waals surface area contributed by atoms with Crippen LogP contribution in [0.15, 0.2) is 29.4 Å². The Labute approximate surface area is 451 Å². The third kappa shape index (κ3) is 33.5. The van der Waals surface area contributed by atoms with E-state index in [1.165, 1.54) is 6.92 Å². The molecule has 5 amide bonds. The molecule has 0 saturated heterocycles. The number of aromatic hydroxyl groups is 1. The number of azide groups is 1. The SMILES string of the molecule is CCC(CC(C)(C)CCCC(CC(C)(C)CCCC(CC(C)(C)C)C(=O)NCCOCCOCCOCCN=[N+]=[N-])C(=O)NCc1ccc(O)cc1)C(=O)NCCCC[C@H](NC(=O)N[C@@H](CCC(C)=O)C(=O)O)C(=O)O. The Bertz CT molecular complexity index is 1950. The third-order valence-electron chi connectivity index (χ3n) is 13.2. The van der Waals surface area contributed by atoms with Crippen molar-refractivity contribution in [3.05, 3.63) is 40.3 Å². The van der Waals surface area contributed by atoms with Crippen LogP contribution in [0.1, 0.15) is 164 Å². The van der Waals surface area contributed by atoms with E-state index in [-0.39, 0.29) is 89.1 Å². The van der Waals surface area contributed by atoms with Gasteiger partial charge in [0.15, 0.2) is 0 Å². The number of ether oxygens (including phenoxy) is 3. The number of nitrogens with one attached hydrogen (secondary N) is 5. The number of unbranched alkanes of at least 4 members (excludes halogenated alkanes) is 1. The van der Waals surface area contributed by atoms with Crippen LogP contribution in [0.2, 0.25) is 0 Å². The Balaban J connectivity index is 2.82. The zero-order valence-corrected chi connectivity index (χ0v) is 47.1. The average molecular weight is 1080 g/mol. The Morgan fingerprint density at radius 1 is 0.618 bits per heavy atom. The van der Waals surface area contributed by atoms with Crippen LogP contribution in [0.5, 0.6) is 5.75 Å². The summed E-state index contributed by atoms with van der Waals surface area (Å²) in [7, 11) is 0. The number of benzene rings is 1. The van der Waals surface area contributed by atoms with Crippen LogP contribution in [-0.2, 0) is 49.5 Å². The molecule has 0 radical (unpaired) electrons. The Morgan fingerprint density at radius 3 is 1.63 bits per heavy atom. The summed E-state index contributed by atoms with van der Waals surface area (Å²) in [5.74, 6) is -3.61. The average Bonchev–Trinajstić information content (AvgIpc) is 3.33. The number of amides is 5. The maximum absolute atomic E-state index is 14.0. The van der Waals surface area contributed by atoms with Crippen molar-refractivity contribution < 1.29 is 63.1 Å². The van der Waals surface area contributed by atoms with Crippen molar-refractivity contribution >= 4 is 41.5 Å². The fourth-order valence-corrected chi connectivity index (χ4v) is 9.09. The topological polar surface area (TPSA) is 317 Å². The zero-order chi connectivity index (χ0) is 57.2. The second-order valence-corrected chi connectivity index (χ2v) is 22.7. The van der Waals surface area contributed by atoms with Crippen LogP contribution in [0, 0.1) is 34.0 Å². The molecule has 21 heteroatoms. The van der Waals surface area contributed by atoms with E-state index in [1.807, 2.05) is 6.92 Å². The number of carbonyl (C=O) groups is 7. The van der Waals surface area contributed by atoms with Crippen molar-refractivity contribution in [2.24, 2.45) is 39.1 Å². The highest BCUT2D eigenvalue weighted by molar-refractivity contribution is 5.86. The van der Waals surface area contributed by atoms with Crippen molar-refractivity contribution in [3.63, 3.8) is 0 Å². The summed E-state index contributed by atoms with van der Waals surface area (Å²) < 4.78 is 16.5. The van der Waals surface area contributed by atoms with Gasteiger partial charge in [0.25, 0.3) is 0 Å². The minimum Gasteiger partial charge on any atom is -0.508 e. The Morgan fingerprint density at radius 2 is 1.11 bits per heavy atom. The van der Waals surface area contributed by atoms with E-state index in [9.17, 15) is 48.9 Å². The lowest BCUT2D eigenvalue weighted by molar-refractivity contribution is -0.139. The molecular formula is C55H94N8O13. The summed E-state index contributed by atoms with van der Waals surface area (Å²) in [4.78, 5) is 90.7. The normalized spacial score (nSPS) is 13.8. The lowest BCUT2D eigenvalue weighted by atomic mass is 9.74. The largest absolute Gasteiger partial charge is 0.508 e. The molecule has 0 aliphatic rings. The van der Waals surface area contributed by atoms with Crippen LogP contribution >= 0.6 is 0 Å². The standard InChI is InChI=1S/C55H94N8O13/c1-10-41(47(66)57-26-12-11-17-45(50(69)70)61-52(73)62-46(51(71)72)23-18-39(2)64)36-54(6,7)24-14-16-43(49(68)59-38-40-19-21-44(65)22-20-40)37-55(8,9)25-13-15-42(35-53(3,4)5)48(67)58-27-29-74-31-33-76-34-32-75-30-28-60-63-56/h19-22,41-43,45-46,65H,10-18,23-38H2,1-9H3,(H,57,66)(H,58,67)(H,59,68)(H,69,70)(H,71,72)(H2,61,62,73)/t41?,42?,43?,45-,46-/m0/s1. The number of phenolic OH excluding ortho intramolecular Hbond substituents is 1. The predicted octanol–water partition coefficient (Wildman–Crippen LogP) is 8.21. The van der Waals surface area contributed by atoms with Crippen molar-refractivity contribution in [1.29, 1.82) is 0 Å². The minimum atomic E-state index is -1.35. The van der Waals surface area contributed by atoms with Gasteiger partial charge in [-0.05, 0) is 123 Å². The van der Waals surface area contributed by atoms with E-state index >= 15 is 0 Å². The monoisotopic (exact) mass is 1070 g/mol. The van der Waals surface area contributed by atoms with Gasteiger partial charge >= 0.3 is 18.0 Å². The number of phenols is 1. The molecule has 8 N–H and O–H groups in total. The van der Waals surface area contributed by atoms with Crippen LogP contribution < -0.4 is 26.6 Å². The molecule has 0 saturated carbocycles. The van der Waals surface area contributed by atoms with E-state index < -0.39 is 30.1 Å². The summed E-state index contributed by atoms with van der Waals surface area (Å²) in [6, 6.07) is 3.15. The second kappa shape index (κ2) is 37.3. The number of urea groups is 1. The number of aliphatic carboxylic acids is 2. The first kappa shape index (κ1) is 68.5.